The largest absolute Gasteiger partial charge is 0.294 e. The molecule has 82 valence electrons. The van der Waals surface area contributed by atoms with Gasteiger partial charge in [-0.1, -0.05) is 12.8 Å². The molecule has 0 saturated carbocycles. The average Bonchev–Trinajstić information content (AvgIpc) is 2.65. The lowest BCUT2D eigenvalue weighted by Gasteiger charge is -2.24. The topological polar surface area (TPSA) is 12.0 Å². The maximum Gasteiger partial charge on any atom is 0.0746 e. The van der Waals surface area contributed by atoms with Gasteiger partial charge in [0.05, 0.1) is 5.54 Å². The molecule has 1 nitrogen and oxygen atoms in total. The van der Waals surface area contributed by atoms with Gasteiger partial charge in [0.2, 0.25) is 0 Å². The second-order valence-electron chi connectivity index (χ2n) is 4.29. The third kappa shape index (κ3) is 3.37. The number of terminal acetylenes is 1. The quantitative estimate of drug-likeness (QED) is 0.769. The highest BCUT2D eigenvalue weighted by atomic mass is 32.1. The third-order valence-electron chi connectivity index (χ3n) is 2.40. The Balaban J connectivity index is 2.69. The Labute approximate surface area is 96.9 Å². The van der Waals surface area contributed by atoms with Crippen molar-refractivity contribution in [1.29, 1.82) is 0 Å². The lowest BCUT2D eigenvalue weighted by molar-refractivity contribution is 0.435. The van der Waals surface area contributed by atoms with Crippen molar-refractivity contribution < 1.29 is 0 Å². The van der Waals surface area contributed by atoms with Crippen molar-refractivity contribution in [1.82, 2.24) is 5.32 Å². The Bertz CT molecular complexity index is 357. The van der Waals surface area contributed by atoms with Gasteiger partial charge in [0.1, 0.15) is 0 Å². The molecule has 15 heavy (non-hydrogen) atoms. The predicted octanol–water partition coefficient (Wildman–Crippen LogP) is 3.37. The predicted molar refractivity (Wildman–Crippen MR) is 68.2 cm³/mol. The fourth-order valence-corrected chi connectivity index (χ4v) is 2.43. The summed E-state index contributed by atoms with van der Waals surface area (Å²) >= 11 is 1.86. The molecule has 1 aromatic rings. The van der Waals surface area contributed by atoms with E-state index in [0.717, 1.165) is 6.42 Å². The second-order valence-corrected chi connectivity index (χ2v) is 5.49. The summed E-state index contributed by atoms with van der Waals surface area (Å²) in [6.07, 6.45) is 6.56. The molecule has 1 rings (SSSR count). The molecular weight excluding hydrogens is 202 g/mol. The maximum absolute atomic E-state index is 5.45. The summed E-state index contributed by atoms with van der Waals surface area (Å²) in [5, 5.41) is 3.43. The maximum atomic E-state index is 5.45. The average molecular weight is 221 g/mol. The number of hydrogen-bond acceptors (Lipinski definition) is 2. The zero-order valence-corrected chi connectivity index (χ0v) is 10.7. The van der Waals surface area contributed by atoms with Gasteiger partial charge in [-0.2, -0.15) is 0 Å². The van der Waals surface area contributed by atoms with Crippen LogP contribution in [-0.2, 0) is 6.42 Å². The van der Waals surface area contributed by atoms with Crippen molar-refractivity contribution in [3.63, 3.8) is 0 Å². The first-order valence-corrected chi connectivity index (χ1v) is 6.14. The fraction of sp³-hybridized carbons (Fsp3) is 0.538. The summed E-state index contributed by atoms with van der Waals surface area (Å²) in [4.78, 5) is 2.78. The van der Waals surface area contributed by atoms with Crippen molar-refractivity contribution in [2.75, 3.05) is 0 Å². The molecule has 0 aliphatic heterocycles. The van der Waals surface area contributed by atoms with Crippen LogP contribution in [0.1, 0.15) is 43.5 Å². The van der Waals surface area contributed by atoms with Gasteiger partial charge in [-0.15, -0.1) is 17.8 Å². The summed E-state index contributed by atoms with van der Waals surface area (Å²) in [5.74, 6) is 2.76. The van der Waals surface area contributed by atoms with Crippen LogP contribution >= 0.6 is 11.3 Å². The summed E-state index contributed by atoms with van der Waals surface area (Å²) in [6, 6.07) is 4.70. The minimum absolute atomic E-state index is 0.240. The summed E-state index contributed by atoms with van der Waals surface area (Å²) in [6.45, 7) is 8.39. The summed E-state index contributed by atoms with van der Waals surface area (Å²) in [7, 11) is 0. The number of thiophene rings is 1. The Morgan fingerprint density at radius 1 is 1.53 bits per heavy atom. The molecule has 0 radical (unpaired) electrons. The van der Waals surface area contributed by atoms with Crippen LogP contribution < -0.4 is 5.32 Å². The molecule has 0 aliphatic carbocycles. The molecule has 0 bridgehead atoms. The van der Waals surface area contributed by atoms with E-state index in [1.165, 1.54) is 9.75 Å². The lowest BCUT2D eigenvalue weighted by Crippen LogP contribution is -2.39. The first-order valence-electron chi connectivity index (χ1n) is 5.32. The summed E-state index contributed by atoms with van der Waals surface area (Å²) in [5.41, 5.74) is -0.240. The number of hydrogen-bond donors (Lipinski definition) is 1. The van der Waals surface area contributed by atoms with Crippen LogP contribution in [0.4, 0.5) is 0 Å². The smallest absolute Gasteiger partial charge is 0.0746 e. The molecule has 0 amide bonds. The van der Waals surface area contributed by atoms with Gasteiger partial charge in [-0.05, 0) is 39.3 Å². The third-order valence-corrected chi connectivity index (χ3v) is 3.81. The molecule has 1 unspecified atom stereocenters. The second kappa shape index (κ2) is 4.83. The number of nitrogens with one attached hydrogen (secondary N) is 1. The Morgan fingerprint density at radius 2 is 2.20 bits per heavy atom. The Hall–Kier alpha value is -0.780. The van der Waals surface area contributed by atoms with E-state index in [1.807, 2.05) is 25.2 Å². The molecule has 0 aromatic carbocycles. The van der Waals surface area contributed by atoms with Crippen molar-refractivity contribution >= 4 is 11.3 Å². The normalized spacial score (nSPS) is 13.5. The SMILES string of the molecule is C#CC(C)(C)NC(C)c1ccc(CC)s1. The molecular formula is C13H19NS. The summed E-state index contributed by atoms with van der Waals surface area (Å²) < 4.78 is 0. The van der Waals surface area contributed by atoms with Gasteiger partial charge in [-0.3, -0.25) is 5.32 Å². The van der Waals surface area contributed by atoms with Crippen LogP contribution in [0.15, 0.2) is 12.1 Å². The van der Waals surface area contributed by atoms with Gasteiger partial charge >= 0.3 is 0 Å². The highest BCUT2D eigenvalue weighted by Crippen LogP contribution is 2.24. The van der Waals surface area contributed by atoms with Crippen LogP contribution in [-0.4, -0.2) is 5.54 Å². The first kappa shape index (κ1) is 12.3. The fourth-order valence-electron chi connectivity index (χ4n) is 1.47. The minimum atomic E-state index is -0.240. The molecule has 1 aromatic heterocycles. The highest BCUT2D eigenvalue weighted by molar-refractivity contribution is 7.12. The molecule has 1 heterocycles. The molecule has 0 aliphatic rings. The molecule has 1 atom stereocenters. The Morgan fingerprint density at radius 3 is 2.67 bits per heavy atom. The number of rotatable bonds is 4. The van der Waals surface area contributed by atoms with Crippen molar-refractivity contribution in [3.05, 3.63) is 21.9 Å². The van der Waals surface area contributed by atoms with E-state index >= 15 is 0 Å². The van der Waals surface area contributed by atoms with E-state index in [1.54, 1.807) is 0 Å². The van der Waals surface area contributed by atoms with Crippen LogP contribution in [0.3, 0.4) is 0 Å². The minimum Gasteiger partial charge on any atom is -0.294 e. The highest BCUT2D eigenvalue weighted by Gasteiger charge is 2.18. The zero-order chi connectivity index (χ0) is 11.5. The van der Waals surface area contributed by atoms with E-state index < -0.39 is 0 Å². The van der Waals surface area contributed by atoms with Gasteiger partial charge in [0, 0.05) is 15.8 Å². The van der Waals surface area contributed by atoms with Crippen LogP contribution in [0.2, 0.25) is 0 Å². The number of aryl methyl sites for hydroxylation is 1. The van der Waals surface area contributed by atoms with Gasteiger partial charge < -0.3 is 0 Å². The first-order chi connectivity index (χ1) is 6.98. The van der Waals surface area contributed by atoms with E-state index in [4.69, 9.17) is 6.42 Å². The van der Waals surface area contributed by atoms with Crippen LogP contribution in [0, 0.1) is 12.3 Å². The molecule has 0 spiro atoms. The van der Waals surface area contributed by atoms with Crippen molar-refractivity contribution in [2.45, 2.75) is 45.7 Å². The standard InChI is InChI=1S/C13H19NS/c1-6-11-8-9-12(15-11)10(3)14-13(4,5)7-2/h2,8-10,14H,6H2,1,3-5H3. The zero-order valence-electron chi connectivity index (χ0n) is 9.92. The van der Waals surface area contributed by atoms with Gasteiger partial charge in [0.15, 0.2) is 0 Å². The van der Waals surface area contributed by atoms with Gasteiger partial charge in [-0.25, -0.2) is 0 Å². The molecule has 0 fully saturated rings. The van der Waals surface area contributed by atoms with E-state index in [0.29, 0.717) is 6.04 Å². The molecule has 1 N–H and O–H groups in total. The molecule has 2 heteroatoms. The van der Waals surface area contributed by atoms with E-state index in [9.17, 15) is 0 Å². The van der Waals surface area contributed by atoms with Crippen LogP contribution in [0.25, 0.3) is 0 Å². The monoisotopic (exact) mass is 221 g/mol. The van der Waals surface area contributed by atoms with Crippen molar-refractivity contribution in [3.8, 4) is 12.3 Å². The van der Waals surface area contributed by atoms with Gasteiger partial charge in [0.25, 0.3) is 0 Å². The van der Waals surface area contributed by atoms with Crippen molar-refractivity contribution in [2.24, 2.45) is 0 Å². The lowest BCUT2D eigenvalue weighted by atomic mass is 10.1. The Kier molecular flexibility index (Phi) is 3.96. The van der Waals surface area contributed by atoms with Crippen LogP contribution in [0.5, 0.6) is 0 Å². The van der Waals surface area contributed by atoms with E-state index in [2.05, 4.69) is 37.2 Å². The molecule has 0 saturated heterocycles. The van der Waals surface area contributed by atoms with E-state index in [-0.39, 0.29) is 5.54 Å².